The van der Waals surface area contributed by atoms with Crippen molar-refractivity contribution in [3.05, 3.63) is 42.2 Å². The summed E-state index contributed by atoms with van der Waals surface area (Å²) in [5.41, 5.74) is 1.41. The number of fused-ring (bicyclic) bond motifs is 1. The molecule has 2 atom stereocenters. The molecule has 0 spiro atoms. The van der Waals surface area contributed by atoms with Crippen molar-refractivity contribution in [1.82, 2.24) is 20.0 Å². The first-order valence-corrected chi connectivity index (χ1v) is 8.99. The van der Waals surface area contributed by atoms with E-state index in [2.05, 4.69) is 15.3 Å². The van der Waals surface area contributed by atoms with Crippen molar-refractivity contribution in [3.63, 3.8) is 0 Å². The number of carbonyl (C=O) groups is 1. The number of methoxy groups -OCH3 is 1. The van der Waals surface area contributed by atoms with Gasteiger partial charge in [0.2, 0.25) is 0 Å². The van der Waals surface area contributed by atoms with Crippen LogP contribution in [0.3, 0.4) is 0 Å². The van der Waals surface area contributed by atoms with E-state index in [1.54, 1.807) is 24.2 Å². The Hall–Kier alpha value is -2.34. The minimum Gasteiger partial charge on any atom is -0.494 e. The molecular weight excluding hydrogens is 316 g/mol. The monoisotopic (exact) mass is 340 g/mol. The molecule has 0 bridgehead atoms. The third-order valence-corrected chi connectivity index (χ3v) is 5.33. The normalized spacial score (nSPS) is 23.2. The summed E-state index contributed by atoms with van der Waals surface area (Å²) >= 11 is 0. The summed E-state index contributed by atoms with van der Waals surface area (Å²) in [6.45, 7) is 2.34. The first-order valence-electron chi connectivity index (χ1n) is 8.99. The lowest BCUT2D eigenvalue weighted by Crippen LogP contribution is -2.52. The van der Waals surface area contributed by atoms with E-state index in [-0.39, 0.29) is 11.9 Å². The molecule has 1 aromatic carbocycles. The van der Waals surface area contributed by atoms with E-state index in [0.717, 1.165) is 24.3 Å². The fourth-order valence-corrected chi connectivity index (χ4v) is 4.10. The molecule has 132 valence electrons. The van der Waals surface area contributed by atoms with Crippen molar-refractivity contribution in [3.8, 4) is 11.4 Å². The molecule has 0 unspecified atom stereocenters. The number of benzene rings is 1. The molecular formula is C19H24N4O2. The van der Waals surface area contributed by atoms with Crippen molar-refractivity contribution >= 4 is 5.91 Å². The Morgan fingerprint density at radius 1 is 1.24 bits per heavy atom. The highest BCUT2D eigenvalue weighted by Gasteiger charge is 2.35. The lowest BCUT2D eigenvalue weighted by molar-refractivity contribution is 0.0868. The predicted molar refractivity (Wildman–Crippen MR) is 95.2 cm³/mol. The van der Waals surface area contributed by atoms with Gasteiger partial charge in [-0.15, -0.1) is 0 Å². The minimum atomic E-state index is -0.0418. The summed E-state index contributed by atoms with van der Waals surface area (Å²) in [5.74, 6) is 0.686. The van der Waals surface area contributed by atoms with E-state index >= 15 is 0 Å². The smallest absolute Gasteiger partial charge is 0.254 e. The van der Waals surface area contributed by atoms with Crippen LogP contribution in [0.2, 0.25) is 0 Å². The highest BCUT2D eigenvalue weighted by molar-refractivity contribution is 5.94. The van der Waals surface area contributed by atoms with Crippen LogP contribution in [0, 0.1) is 0 Å². The second kappa shape index (κ2) is 6.88. The maximum absolute atomic E-state index is 12.7. The van der Waals surface area contributed by atoms with Gasteiger partial charge in [-0.2, -0.15) is 5.10 Å². The Bertz CT molecular complexity index is 757. The zero-order valence-electron chi connectivity index (χ0n) is 14.5. The van der Waals surface area contributed by atoms with E-state index in [0.29, 0.717) is 11.6 Å². The molecule has 3 heterocycles. The van der Waals surface area contributed by atoms with Gasteiger partial charge in [0.05, 0.1) is 18.9 Å². The number of carbonyl (C=O) groups excluding carboxylic acids is 1. The van der Waals surface area contributed by atoms with Crippen LogP contribution < -0.4 is 10.1 Å². The van der Waals surface area contributed by atoms with Gasteiger partial charge in [0.25, 0.3) is 5.91 Å². The van der Waals surface area contributed by atoms with E-state index in [4.69, 9.17) is 4.74 Å². The first-order chi connectivity index (χ1) is 12.3. The molecule has 1 amide bonds. The predicted octanol–water partition coefficient (Wildman–Crippen LogP) is 2.24. The van der Waals surface area contributed by atoms with Crippen molar-refractivity contribution in [2.75, 3.05) is 20.2 Å². The van der Waals surface area contributed by atoms with Gasteiger partial charge < -0.3 is 10.1 Å². The van der Waals surface area contributed by atoms with Gasteiger partial charge in [-0.1, -0.05) is 12.1 Å². The molecule has 1 aromatic heterocycles. The van der Waals surface area contributed by atoms with Crippen LogP contribution in [0.25, 0.3) is 5.69 Å². The highest BCUT2D eigenvalue weighted by Crippen LogP contribution is 2.27. The van der Waals surface area contributed by atoms with Crippen LogP contribution in [-0.2, 0) is 0 Å². The van der Waals surface area contributed by atoms with Crippen molar-refractivity contribution in [2.45, 2.75) is 37.8 Å². The lowest BCUT2D eigenvalue weighted by Gasteiger charge is -2.36. The summed E-state index contributed by atoms with van der Waals surface area (Å²) in [5, 5.41) is 7.58. The summed E-state index contributed by atoms with van der Waals surface area (Å²) in [6, 6.07) is 8.39. The van der Waals surface area contributed by atoms with Crippen molar-refractivity contribution in [2.24, 2.45) is 0 Å². The van der Waals surface area contributed by atoms with E-state index in [1.807, 2.05) is 24.3 Å². The highest BCUT2D eigenvalue weighted by atomic mass is 16.5. The van der Waals surface area contributed by atoms with E-state index < -0.39 is 0 Å². The summed E-state index contributed by atoms with van der Waals surface area (Å²) in [7, 11) is 1.63. The fraction of sp³-hybridized carbons (Fsp3) is 0.474. The Morgan fingerprint density at radius 3 is 2.88 bits per heavy atom. The lowest BCUT2D eigenvalue weighted by atomic mass is 9.96. The molecule has 0 radical (unpaired) electrons. The van der Waals surface area contributed by atoms with Crippen LogP contribution in [-0.4, -0.2) is 52.9 Å². The molecule has 0 saturated carbocycles. The maximum atomic E-state index is 12.7. The standard InChI is InChI=1S/C19H24N4O2/c1-25-18-9-3-2-7-17(18)23-13-14(12-20-23)19(24)21-15-6-4-10-22-11-5-8-16(15)22/h2-3,7,9,12-13,15-16H,4-6,8,10-11H2,1H3,(H,21,24)/t15-,16-/m0/s1. The second-order valence-electron chi connectivity index (χ2n) is 6.81. The van der Waals surface area contributed by atoms with Crippen LogP contribution in [0.15, 0.2) is 36.7 Å². The van der Waals surface area contributed by atoms with Gasteiger partial charge in [-0.3, -0.25) is 9.69 Å². The third-order valence-electron chi connectivity index (χ3n) is 5.33. The molecule has 2 aromatic rings. The zero-order valence-corrected chi connectivity index (χ0v) is 14.5. The maximum Gasteiger partial charge on any atom is 0.254 e. The minimum absolute atomic E-state index is 0.0418. The first kappa shape index (κ1) is 16.1. The number of hydrogen-bond acceptors (Lipinski definition) is 4. The quantitative estimate of drug-likeness (QED) is 0.927. The number of nitrogens with one attached hydrogen (secondary N) is 1. The average Bonchev–Trinajstić information content (AvgIpc) is 3.31. The number of nitrogens with zero attached hydrogens (tertiary/aromatic N) is 3. The number of ether oxygens (including phenoxy) is 1. The molecule has 2 aliphatic heterocycles. The van der Waals surface area contributed by atoms with Crippen LogP contribution in [0.5, 0.6) is 5.75 Å². The van der Waals surface area contributed by atoms with Gasteiger partial charge in [0, 0.05) is 18.3 Å². The number of aromatic nitrogens is 2. The number of rotatable bonds is 4. The Labute approximate surface area is 147 Å². The van der Waals surface area contributed by atoms with Gasteiger partial charge in [-0.25, -0.2) is 4.68 Å². The summed E-state index contributed by atoms with van der Waals surface area (Å²) in [6.07, 6.45) is 8.03. The Morgan fingerprint density at radius 2 is 2.04 bits per heavy atom. The number of piperidine rings is 1. The van der Waals surface area contributed by atoms with Crippen molar-refractivity contribution < 1.29 is 9.53 Å². The van der Waals surface area contributed by atoms with Crippen LogP contribution in [0.1, 0.15) is 36.0 Å². The molecule has 0 aliphatic carbocycles. The molecule has 6 heteroatoms. The number of hydrogen-bond donors (Lipinski definition) is 1. The molecule has 2 fully saturated rings. The van der Waals surface area contributed by atoms with Gasteiger partial charge in [-0.05, 0) is 50.9 Å². The Kier molecular flexibility index (Phi) is 4.44. The molecule has 2 aliphatic rings. The zero-order chi connectivity index (χ0) is 17.2. The Balaban J connectivity index is 1.49. The van der Waals surface area contributed by atoms with Gasteiger partial charge in [0.1, 0.15) is 11.4 Å². The van der Waals surface area contributed by atoms with E-state index in [9.17, 15) is 4.79 Å². The van der Waals surface area contributed by atoms with Crippen molar-refractivity contribution in [1.29, 1.82) is 0 Å². The number of para-hydroxylation sites is 2. The molecule has 1 N–H and O–H groups in total. The topological polar surface area (TPSA) is 59.4 Å². The van der Waals surface area contributed by atoms with Gasteiger partial charge >= 0.3 is 0 Å². The fourth-order valence-electron chi connectivity index (χ4n) is 4.10. The summed E-state index contributed by atoms with van der Waals surface area (Å²) < 4.78 is 7.06. The molecule has 6 nitrogen and oxygen atoms in total. The molecule has 25 heavy (non-hydrogen) atoms. The van der Waals surface area contributed by atoms with Crippen LogP contribution in [0.4, 0.5) is 0 Å². The molecule has 4 rings (SSSR count). The average molecular weight is 340 g/mol. The molecule has 2 saturated heterocycles. The van der Waals surface area contributed by atoms with E-state index in [1.165, 1.54) is 25.9 Å². The summed E-state index contributed by atoms with van der Waals surface area (Å²) in [4.78, 5) is 15.2. The SMILES string of the molecule is COc1ccccc1-n1cc(C(=O)N[C@H]2CCCN3CCC[C@@H]23)cn1. The van der Waals surface area contributed by atoms with Gasteiger partial charge in [0.15, 0.2) is 0 Å². The largest absolute Gasteiger partial charge is 0.494 e. The van der Waals surface area contributed by atoms with Crippen LogP contribution >= 0.6 is 0 Å². The third kappa shape index (κ3) is 3.14. The number of amides is 1. The second-order valence-corrected chi connectivity index (χ2v) is 6.81.